The minimum atomic E-state index is -4.38. The number of ether oxygens (including phenoxy) is 1. The quantitative estimate of drug-likeness (QED) is 0.429. The summed E-state index contributed by atoms with van der Waals surface area (Å²) < 4.78 is 45.8. The van der Waals surface area contributed by atoms with Crippen molar-refractivity contribution in [1.29, 1.82) is 0 Å². The van der Waals surface area contributed by atoms with Crippen LogP contribution in [0, 0.1) is 0 Å². The molecule has 0 aliphatic heterocycles. The van der Waals surface area contributed by atoms with Gasteiger partial charge in [-0.05, 0) is 23.1 Å². The summed E-state index contributed by atoms with van der Waals surface area (Å²) in [6.45, 7) is 0.0799. The Labute approximate surface area is 167 Å². The fraction of sp³-hybridized carbons (Fsp3) is 0.278. The Bertz CT molecular complexity index is 1070. The normalized spacial score (nSPS) is 11.9. The molecule has 0 N–H and O–H groups in total. The van der Waals surface area contributed by atoms with Crippen LogP contribution in [0.1, 0.15) is 16.0 Å². The highest BCUT2D eigenvalue weighted by atomic mass is 32.1. The third-order valence-corrected chi connectivity index (χ3v) is 4.85. The molecule has 0 saturated heterocycles. The lowest BCUT2D eigenvalue weighted by molar-refractivity contribution is -0.137. The first-order chi connectivity index (χ1) is 13.8. The Morgan fingerprint density at radius 3 is 2.83 bits per heavy atom. The molecule has 0 aliphatic rings. The molecule has 2 aromatic heterocycles. The lowest BCUT2D eigenvalue weighted by atomic mass is 10.1. The van der Waals surface area contributed by atoms with Gasteiger partial charge < -0.3 is 9.57 Å². The lowest BCUT2D eigenvalue weighted by Gasteiger charge is -2.07. The van der Waals surface area contributed by atoms with Crippen LogP contribution >= 0.6 is 11.3 Å². The summed E-state index contributed by atoms with van der Waals surface area (Å²) in [4.78, 5) is 18.2. The summed E-state index contributed by atoms with van der Waals surface area (Å²) in [5.41, 5.74) is -0.0355. The smallest absolute Gasteiger partial charge is 0.416 e. The highest BCUT2D eigenvalue weighted by Gasteiger charge is 2.30. The van der Waals surface area contributed by atoms with Gasteiger partial charge in [0.1, 0.15) is 0 Å². The first-order valence-corrected chi connectivity index (χ1v) is 9.26. The number of alkyl halides is 3. The van der Waals surface area contributed by atoms with Gasteiger partial charge in [-0.1, -0.05) is 23.4 Å². The zero-order chi connectivity index (χ0) is 21.0. The van der Waals surface area contributed by atoms with Crippen molar-refractivity contribution in [1.82, 2.24) is 14.3 Å². The number of aryl methyl sites for hydroxylation is 1. The maximum Gasteiger partial charge on any atom is 0.416 e. The molecule has 154 valence electrons. The van der Waals surface area contributed by atoms with Crippen molar-refractivity contribution in [2.75, 3.05) is 7.11 Å². The lowest BCUT2D eigenvalue weighted by Crippen LogP contribution is -2.22. The van der Waals surface area contributed by atoms with E-state index >= 15 is 0 Å². The predicted molar refractivity (Wildman–Crippen MR) is 102 cm³/mol. The number of methoxy groups -OCH3 is 1. The van der Waals surface area contributed by atoms with Gasteiger partial charge in [0.2, 0.25) is 0 Å². The molecule has 0 bridgehead atoms. The van der Waals surface area contributed by atoms with Gasteiger partial charge in [-0.25, -0.2) is 14.0 Å². The molecule has 29 heavy (non-hydrogen) atoms. The first kappa shape index (κ1) is 20.6. The van der Waals surface area contributed by atoms with Gasteiger partial charge in [-0.2, -0.15) is 13.2 Å². The van der Waals surface area contributed by atoms with Gasteiger partial charge in [-0.15, -0.1) is 16.4 Å². The van der Waals surface area contributed by atoms with E-state index in [4.69, 9.17) is 9.57 Å². The van der Waals surface area contributed by atoms with Crippen LogP contribution in [0.15, 0.2) is 45.7 Å². The Kier molecular flexibility index (Phi) is 6.06. The van der Waals surface area contributed by atoms with Crippen LogP contribution in [0.2, 0.25) is 0 Å². The maximum atomic E-state index is 12.7. The molecule has 1 aromatic carbocycles. The van der Waals surface area contributed by atoms with Crippen LogP contribution in [0.3, 0.4) is 0 Å². The van der Waals surface area contributed by atoms with E-state index in [0.717, 1.165) is 21.7 Å². The van der Waals surface area contributed by atoms with Gasteiger partial charge >= 0.3 is 17.9 Å². The van der Waals surface area contributed by atoms with Gasteiger partial charge in [0, 0.05) is 19.7 Å². The fourth-order valence-electron chi connectivity index (χ4n) is 2.59. The Morgan fingerprint density at radius 1 is 1.31 bits per heavy atom. The minimum absolute atomic E-state index is 0.0799. The van der Waals surface area contributed by atoms with Crippen molar-refractivity contribution in [3.05, 3.63) is 62.2 Å². The number of thiophene rings is 1. The van der Waals surface area contributed by atoms with Crippen molar-refractivity contribution >= 4 is 17.6 Å². The molecule has 3 aromatic rings. The average molecular weight is 426 g/mol. The number of hydrogen-bond acceptors (Lipinski definition) is 6. The van der Waals surface area contributed by atoms with Crippen molar-refractivity contribution < 1.29 is 22.7 Å². The van der Waals surface area contributed by atoms with E-state index in [1.807, 2.05) is 0 Å². The molecule has 0 amide bonds. The van der Waals surface area contributed by atoms with Crippen molar-refractivity contribution in [3.8, 4) is 11.7 Å². The van der Waals surface area contributed by atoms with Gasteiger partial charge in [0.15, 0.2) is 6.61 Å². The van der Waals surface area contributed by atoms with E-state index in [9.17, 15) is 18.0 Å². The molecule has 0 spiro atoms. The van der Waals surface area contributed by atoms with E-state index in [-0.39, 0.29) is 24.7 Å². The maximum absolute atomic E-state index is 12.7. The number of benzene rings is 1. The average Bonchev–Trinajstić information content (AvgIpc) is 3.25. The second-order valence-corrected chi connectivity index (χ2v) is 6.92. The molecule has 3 rings (SSSR count). The zero-order valence-electron chi connectivity index (χ0n) is 15.5. The highest BCUT2D eigenvalue weighted by molar-refractivity contribution is 7.10. The number of rotatable bonds is 7. The number of nitrogens with zero attached hydrogens (tertiary/aromatic N) is 4. The largest absolute Gasteiger partial charge is 0.467 e. The summed E-state index contributed by atoms with van der Waals surface area (Å²) >= 11 is 1.36. The molecule has 0 unspecified atom stereocenters. The van der Waals surface area contributed by atoms with Crippen molar-refractivity contribution in [2.45, 2.75) is 19.2 Å². The number of oxime groups is 1. The van der Waals surface area contributed by atoms with E-state index in [1.165, 1.54) is 42.3 Å². The second-order valence-electron chi connectivity index (χ2n) is 5.92. The molecule has 2 heterocycles. The number of hydrogen-bond donors (Lipinski definition) is 0. The fourth-order valence-corrected chi connectivity index (χ4v) is 3.35. The number of halogens is 3. The minimum Gasteiger partial charge on any atom is -0.467 e. The van der Waals surface area contributed by atoms with Crippen LogP contribution in [-0.4, -0.2) is 27.7 Å². The Morgan fingerprint density at radius 2 is 2.10 bits per heavy atom. The van der Waals surface area contributed by atoms with Crippen molar-refractivity contribution in [2.24, 2.45) is 12.2 Å². The molecule has 0 saturated carbocycles. The second kappa shape index (κ2) is 8.52. The first-order valence-electron chi connectivity index (χ1n) is 8.38. The molecule has 11 heteroatoms. The van der Waals surface area contributed by atoms with Crippen LogP contribution in [0.25, 0.3) is 5.69 Å². The van der Waals surface area contributed by atoms with Gasteiger partial charge in [0.05, 0.1) is 23.2 Å². The summed E-state index contributed by atoms with van der Waals surface area (Å²) in [5, 5.41) is 9.58. The Hall–Kier alpha value is -3.08. The van der Waals surface area contributed by atoms with Crippen LogP contribution in [-0.2, 0) is 31.1 Å². The van der Waals surface area contributed by atoms with Crippen molar-refractivity contribution in [3.63, 3.8) is 0 Å². The van der Waals surface area contributed by atoms with Gasteiger partial charge in [-0.3, -0.25) is 0 Å². The molecule has 0 fully saturated rings. The van der Waals surface area contributed by atoms with Crippen LogP contribution < -0.4 is 10.4 Å². The summed E-state index contributed by atoms with van der Waals surface area (Å²) in [6, 6.07) is 6.91. The summed E-state index contributed by atoms with van der Waals surface area (Å²) in [6.07, 6.45) is -2.80. The highest BCUT2D eigenvalue weighted by Crippen LogP contribution is 2.29. The van der Waals surface area contributed by atoms with E-state index in [0.29, 0.717) is 11.3 Å². The topological polar surface area (TPSA) is 70.6 Å². The predicted octanol–water partition coefficient (Wildman–Crippen LogP) is 3.41. The SMILES string of the molecule is COc1nn(C)c(=O)n1-c1ccsc1CON=CCc1cccc(C(F)(F)F)c1. The van der Waals surface area contributed by atoms with E-state index < -0.39 is 11.7 Å². The third kappa shape index (κ3) is 4.67. The third-order valence-electron chi connectivity index (χ3n) is 3.97. The van der Waals surface area contributed by atoms with Crippen LogP contribution in [0.5, 0.6) is 6.01 Å². The Balaban J connectivity index is 1.65. The number of aromatic nitrogens is 3. The molecular weight excluding hydrogens is 409 g/mol. The van der Waals surface area contributed by atoms with Gasteiger partial charge in [0.25, 0.3) is 0 Å². The van der Waals surface area contributed by atoms with E-state index in [1.54, 1.807) is 17.5 Å². The standard InChI is InChI=1S/C18H17F3N4O3S/c1-24-17(26)25(16(23-24)27-2)14-7-9-29-15(14)11-28-22-8-6-12-4-3-5-13(10-12)18(19,20)21/h3-5,7-10H,6,11H2,1-2H3. The van der Waals surface area contributed by atoms with Crippen LogP contribution in [0.4, 0.5) is 13.2 Å². The molecule has 0 aliphatic carbocycles. The van der Waals surface area contributed by atoms with E-state index in [2.05, 4.69) is 10.3 Å². The summed E-state index contributed by atoms with van der Waals surface area (Å²) in [5.74, 6) is 0. The zero-order valence-corrected chi connectivity index (χ0v) is 16.3. The summed E-state index contributed by atoms with van der Waals surface area (Å²) in [7, 11) is 2.93. The molecule has 0 atom stereocenters. The molecule has 7 nitrogen and oxygen atoms in total. The monoisotopic (exact) mass is 426 g/mol. The molecule has 0 radical (unpaired) electrons. The molecular formula is C18H17F3N4O3S.